The third-order valence-corrected chi connectivity index (χ3v) is 2.76. The Morgan fingerprint density at radius 3 is 3.21 bits per heavy atom. The lowest BCUT2D eigenvalue weighted by molar-refractivity contribution is 0.476. The number of fused-ring (bicyclic) bond motifs is 3. The Hall–Kier alpha value is -1.55. The third-order valence-electron chi connectivity index (χ3n) is 2.76. The Labute approximate surface area is 81.0 Å². The molecule has 1 aliphatic rings. The molecule has 0 radical (unpaired) electrons. The zero-order valence-corrected chi connectivity index (χ0v) is 7.64. The fraction of sp³-hybridized carbons (Fsp3) is 0.300. The van der Waals surface area contributed by atoms with Crippen LogP contribution in [0.3, 0.4) is 0 Å². The van der Waals surface area contributed by atoms with Crippen molar-refractivity contribution in [3.63, 3.8) is 0 Å². The highest BCUT2D eigenvalue weighted by atomic mass is 16.3. The summed E-state index contributed by atoms with van der Waals surface area (Å²) in [6.07, 6.45) is 0.957. The predicted molar refractivity (Wildman–Crippen MR) is 52.9 cm³/mol. The smallest absolute Gasteiger partial charge is 0.126 e. The van der Waals surface area contributed by atoms with Crippen LogP contribution >= 0.6 is 0 Å². The van der Waals surface area contributed by atoms with Crippen LogP contribution in [0.5, 0.6) is 5.75 Å². The van der Waals surface area contributed by atoms with Gasteiger partial charge in [-0.3, -0.25) is 0 Å². The first-order valence-corrected chi connectivity index (χ1v) is 4.70. The number of nitrogens with two attached hydrogens (primary N) is 1. The number of phenolic OH excluding ortho intramolecular Hbond substituents is 1. The van der Waals surface area contributed by atoms with Gasteiger partial charge >= 0.3 is 0 Å². The van der Waals surface area contributed by atoms with E-state index in [1.165, 1.54) is 0 Å². The van der Waals surface area contributed by atoms with Gasteiger partial charge in [0.25, 0.3) is 0 Å². The fourth-order valence-electron chi connectivity index (χ4n) is 2.05. The summed E-state index contributed by atoms with van der Waals surface area (Å²) in [6, 6.07) is 5.29. The van der Waals surface area contributed by atoms with Crippen LogP contribution in [0, 0.1) is 0 Å². The maximum atomic E-state index is 9.31. The first-order chi connectivity index (χ1) is 6.75. The largest absolute Gasteiger partial charge is 0.508 e. The Balaban J connectivity index is 2.34. The summed E-state index contributed by atoms with van der Waals surface area (Å²) in [6.45, 7) is 0.928. The molecule has 0 saturated carbocycles. The van der Waals surface area contributed by atoms with E-state index in [0.29, 0.717) is 0 Å². The molecule has 1 unspecified atom stereocenters. The second kappa shape index (κ2) is 2.48. The van der Waals surface area contributed by atoms with E-state index >= 15 is 0 Å². The quantitative estimate of drug-likeness (QED) is 0.653. The van der Waals surface area contributed by atoms with Gasteiger partial charge in [0.1, 0.15) is 11.6 Å². The second-order valence-corrected chi connectivity index (χ2v) is 3.69. The zero-order chi connectivity index (χ0) is 9.71. The Morgan fingerprint density at radius 2 is 2.36 bits per heavy atom. The van der Waals surface area contributed by atoms with E-state index in [9.17, 15) is 5.11 Å². The number of nitrogens with zero attached hydrogens (tertiary/aromatic N) is 2. The van der Waals surface area contributed by atoms with Crippen molar-refractivity contribution in [3.05, 3.63) is 24.0 Å². The molecule has 1 aliphatic heterocycles. The van der Waals surface area contributed by atoms with E-state index in [1.54, 1.807) is 12.1 Å². The molecule has 0 saturated heterocycles. The monoisotopic (exact) mass is 189 g/mol. The van der Waals surface area contributed by atoms with Crippen molar-refractivity contribution in [2.75, 3.05) is 0 Å². The van der Waals surface area contributed by atoms with E-state index in [2.05, 4.69) is 9.55 Å². The molecule has 2 aromatic rings. The average molecular weight is 189 g/mol. The normalized spacial score (nSPS) is 20.2. The van der Waals surface area contributed by atoms with Crippen LogP contribution in [0.4, 0.5) is 0 Å². The zero-order valence-electron chi connectivity index (χ0n) is 7.64. The highest BCUT2D eigenvalue weighted by molar-refractivity contribution is 5.78. The minimum atomic E-state index is 0.0459. The number of phenols is 1. The van der Waals surface area contributed by atoms with Crippen molar-refractivity contribution in [2.45, 2.75) is 19.0 Å². The van der Waals surface area contributed by atoms with Crippen LogP contribution in [-0.4, -0.2) is 14.7 Å². The van der Waals surface area contributed by atoms with Gasteiger partial charge in [0.15, 0.2) is 0 Å². The number of aryl methyl sites for hydroxylation is 1. The number of rotatable bonds is 0. The predicted octanol–water partition coefficient (Wildman–Crippen LogP) is 1.15. The van der Waals surface area contributed by atoms with E-state index in [-0.39, 0.29) is 11.8 Å². The van der Waals surface area contributed by atoms with Crippen molar-refractivity contribution < 1.29 is 5.11 Å². The summed E-state index contributed by atoms with van der Waals surface area (Å²) in [5.41, 5.74) is 7.79. The number of hydrogen-bond acceptors (Lipinski definition) is 3. The molecule has 3 rings (SSSR count). The summed E-state index contributed by atoms with van der Waals surface area (Å²) >= 11 is 0. The van der Waals surface area contributed by atoms with Crippen molar-refractivity contribution >= 4 is 11.0 Å². The van der Waals surface area contributed by atoms with Crippen LogP contribution in [0.2, 0.25) is 0 Å². The SMILES string of the molecule is NC1CCn2c1nc1cc(O)ccc12. The van der Waals surface area contributed by atoms with Crippen molar-refractivity contribution in [1.82, 2.24) is 9.55 Å². The lowest BCUT2D eigenvalue weighted by atomic mass is 10.2. The topological polar surface area (TPSA) is 64.1 Å². The van der Waals surface area contributed by atoms with Crippen LogP contribution in [0.1, 0.15) is 18.3 Å². The Kier molecular flexibility index (Phi) is 1.39. The highest BCUT2D eigenvalue weighted by Gasteiger charge is 2.22. The number of benzene rings is 1. The van der Waals surface area contributed by atoms with Gasteiger partial charge in [-0.1, -0.05) is 0 Å². The molecule has 0 amide bonds. The molecule has 4 nitrogen and oxygen atoms in total. The first-order valence-electron chi connectivity index (χ1n) is 4.70. The fourth-order valence-corrected chi connectivity index (χ4v) is 2.05. The summed E-state index contributed by atoms with van der Waals surface area (Å²) in [5.74, 6) is 1.19. The van der Waals surface area contributed by atoms with Crippen LogP contribution < -0.4 is 5.73 Å². The lowest BCUT2D eigenvalue weighted by Gasteiger charge is -1.97. The highest BCUT2D eigenvalue weighted by Crippen LogP contribution is 2.29. The maximum absolute atomic E-state index is 9.31. The van der Waals surface area contributed by atoms with Crippen LogP contribution in [0.15, 0.2) is 18.2 Å². The molecule has 2 heterocycles. The second-order valence-electron chi connectivity index (χ2n) is 3.69. The number of hydrogen-bond donors (Lipinski definition) is 2. The molecule has 1 aromatic carbocycles. The summed E-state index contributed by atoms with van der Waals surface area (Å²) < 4.78 is 2.12. The Bertz CT molecular complexity index is 503. The van der Waals surface area contributed by atoms with Crippen LogP contribution in [-0.2, 0) is 6.54 Å². The minimum Gasteiger partial charge on any atom is -0.508 e. The molecule has 14 heavy (non-hydrogen) atoms. The van der Waals surface area contributed by atoms with Gasteiger partial charge in [-0.05, 0) is 18.6 Å². The molecule has 3 N–H and O–H groups in total. The molecule has 1 atom stereocenters. The van der Waals surface area contributed by atoms with E-state index < -0.39 is 0 Å². The molecule has 72 valence electrons. The van der Waals surface area contributed by atoms with Gasteiger partial charge < -0.3 is 15.4 Å². The standard InChI is InChI=1S/C10H11N3O/c11-7-3-4-13-9-2-1-6(14)5-8(9)12-10(7)13/h1-2,5,7,14H,3-4,11H2. The van der Waals surface area contributed by atoms with Gasteiger partial charge in [0, 0.05) is 12.6 Å². The number of aromatic nitrogens is 2. The molecular weight excluding hydrogens is 178 g/mol. The van der Waals surface area contributed by atoms with E-state index in [1.807, 2.05) is 6.07 Å². The molecule has 0 aliphatic carbocycles. The maximum Gasteiger partial charge on any atom is 0.126 e. The van der Waals surface area contributed by atoms with Crippen molar-refractivity contribution in [3.8, 4) is 5.75 Å². The van der Waals surface area contributed by atoms with E-state index in [0.717, 1.165) is 29.8 Å². The summed E-state index contributed by atoms with van der Waals surface area (Å²) in [7, 11) is 0. The van der Waals surface area contributed by atoms with E-state index in [4.69, 9.17) is 5.73 Å². The molecule has 0 spiro atoms. The summed E-state index contributed by atoms with van der Waals surface area (Å²) in [5, 5.41) is 9.31. The minimum absolute atomic E-state index is 0.0459. The molecule has 0 fully saturated rings. The van der Waals surface area contributed by atoms with Crippen molar-refractivity contribution in [2.24, 2.45) is 5.73 Å². The molecular formula is C10H11N3O. The van der Waals surface area contributed by atoms with Crippen LogP contribution in [0.25, 0.3) is 11.0 Å². The Morgan fingerprint density at radius 1 is 1.50 bits per heavy atom. The number of aromatic hydroxyl groups is 1. The van der Waals surface area contributed by atoms with Gasteiger partial charge in [-0.2, -0.15) is 0 Å². The lowest BCUT2D eigenvalue weighted by Crippen LogP contribution is -2.06. The van der Waals surface area contributed by atoms with Gasteiger partial charge in [-0.15, -0.1) is 0 Å². The summed E-state index contributed by atoms with van der Waals surface area (Å²) in [4.78, 5) is 4.41. The average Bonchev–Trinajstić information content (AvgIpc) is 2.66. The molecule has 1 aromatic heterocycles. The molecule has 4 heteroatoms. The first kappa shape index (κ1) is 7.82. The van der Waals surface area contributed by atoms with Gasteiger partial charge in [0.2, 0.25) is 0 Å². The van der Waals surface area contributed by atoms with Gasteiger partial charge in [0.05, 0.1) is 17.1 Å². The number of imidazole rings is 1. The molecule has 0 bridgehead atoms. The van der Waals surface area contributed by atoms with Crippen molar-refractivity contribution in [1.29, 1.82) is 0 Å². The third kappa shape index (κ3) is 0.886. The van der Waals surface area contributed by atoms with Gasteiger partial charge in [-0.25, -0.2) is 4.98 Å².